The molecule has 1 N–H and O–H groups in total. The number of aromatic nitrogens is 6. The summed E-state index contributed by atoms with van der Waals surface area (Å²) in [6.07, 6.45) is 5.49. The number of nitrogens with zero attached hydrogens (tertiary/aromatic N) is 6. The lowest BCUT2D eigenvalue weighted by atomic mass is 9.82. The third-order valence-electron chi connectivity index (χ3n) is 7.57. The van der Waals surface area contributed by atoms with E-state index in [2.05, 4.69) is 25.6 Å². The van der Waals surface area contributed by atoms with E-state index in [1.54, 1.807) is 4.68 Å². The second-order valence-corrected chi connectivity index (χ2v) is 11.5. The number of aromatic amines is 1. The number of benzene rings is 3. The molecule has 2 unspecified atom stereocenters. The zero-order chi connectivity index (χ0) is 30.3. The van der Waals surface area contributed by atoms with Crippen LogP contribution in [0.2, 0.25) is 0 Å². The fourth-order valence-electron chi connectivity index (χ4n) is 5.22. The molecule has 1 aliphatic rings. The third-order valence-corrected chi connectivity index (χ3v) is 8.66. The normalized spacial score (nSPS) is 16.6. The van der Waals surface area contributed by atoms with Crippen LogP contribution in [-0.4, -0.2) is 42.3 Å². The molecule has 222 valence electrons. The fourth-order valence-corrected chi connectivity index (χ4v) is 6.06. The van der Waals surface area contributed by atoms with E-state index in [1.165, 1.54) is 11.3 Å². The highest BCUT2D eigenvalue weighted by Gasteiger charge is 2.35. The number of rotatable bonds is 9. The molecule has 5 aromatic rings. The highest BCUT2D eigenvalue weighted by Crippen LogP contribution is 2.30. The third kappa shape index (κ3) is 6.63. The van der Waals surface area contributed by atoms with Gasteiger partial charge in [0.05, 0.1) is 18.4 Å². The van der Waals surface area contributed by atoms with Crippen LogP contribution < -0.4 is 4.80 Å². The van der Waals surface area contributed by atoms with Crippen LogP contribution in [0, 0.1) is 11.8 Å². The molecule has 0 spiro atoms. The van der Waals surface area contributed by atoms with Crippen molar-refractivity contribution in [3.05, 3.63) is 112 Å². The second kappa shape index (κ2) is 13.5. The summed E-state index contributed by atoms with van der Waals surface area (Å²) in [5.74, 6) is -1.26. The van der Waals surface area contributed by atoms with Crippen molar-refractivity contribution in [3.63, 3.8) is 0 Å². The predicted molar refractivity (Wildman–Crippen MR) is 166 cm³/mol. The van der Waals surface area contributed by atoms with Crippen molar-refractivity contribution in [2.75, 3.05) is 0 Å². The number of aryl methyl sites for hydroxylation is 1. The van der Waals surface area contributed by atoms with Crippen molar-refractivity contribution < 1.29 is 14.3 Å². The Labute approximate surface area is 258 Å². The van der Waals surface area contributed by atoms with E-state index in [1.807, 2.05) is 97.9 Å². The predicted octanol–water partition coefficient (Wildman–Crippen LogP) is 5.16. The Morgan fingerprint density at radius 3 is 2.39 bits per heavy atom. The average Bonchev–Trinajstić information content (AvgIpc) is 3.75. The summed E-state index contributed by atoms with van der Waals surface area (Å²) >= 11 is 1.40. The molecule has 0 bridgehead atoms. The van der Waals surface area contributed by atoms with E-state index < -0.39 is 11.8 Å². The van der Waals surface area contributed by atoms with Crippen LogP contribution in [0.1, 0.15) is 35.9 Å². The summed E-state index contributed by atoms with van der Waals surface area (Å²) in [7, 11) is 0. The lowest BCUT2D eigenvalue weighted by molar-refractivity contribution is -0.154. The molecule has 0 fully saturated rings. The highest BCUT2D eigenvalue weighted by atomic mass is 32.1. The van der Waals surface area contributed by atoms with Gasteiger partial charge in [-0.15, -0.1) is 5.10 Å². The molecule has 2 heterocycles. The summed E-state index contributed by atoms with van der Waals surface area (Å²) in [4.78, 5) is 31.6. The number of esters is 1. The molecule has 0 saturated carbocycles. The maximum atomic E-state index is 13.5. The Balaban J connectivity index is 1.20. The van der Waals surface area contributed by atoms with Crippen molar-refractivity contribution >= 4 is 23.2 Å². The number of carbonyl (C=O) groups excluding carboxylic acids is 2. The Morgan fingerprint density at radius 1 is 0.932 bits per heavy atom. The molecule has 2 atom stereocenters. The van der Waals surface area contributed by atoms with Gasteiger partial charge >= 0.3 is 5.97 Å². The molecular weight excluding hydrogens is 574 g/mol. The number of nitrogens with one attached hydrogen (secondary N) is 1. The minimum absolute atomic E-state index is 0.175. The first-order valence-electron chi connectivity index (χ1n) is 14.5. The Hall–Kier alpha value is -5.03. The number of allylic oxidation sites excluding steroid dienone is 2. The van der Waals surface area contributed by atoms with Gasteiger partial charge in [-0.2, -0.15) is 10.1 Å². The van der Waals surface area contributed by atoms with Gasteiger partial charge in [0.25, 0.3) is 5.91 Å². The SMILES string of the molecule is CCc1nn(Cc2ccc(-c3ccccc3-c3nnn[nH]3)cc2)c(=NC(=O)C2CC=CCC2C(=O)OCc2ccccc2)s1. The Morgan fingerprint density at radius 2 is 1.66 bits per heavy atom. The standard InChI is InChI=1S/C33H31N7O3S/c1-2-29-37-40(20-22-16-18-24(19-17-22)25-12-6-7-13-26(25)30-35-38-39-36-30)33(44-29)34-31(41)27-14-8-9-15-28(27)32(42)43-21-23-10-4-3-5-11-23/h3-13,16-19,27-28H,2,14-15,20-21H2,1H3,(H,35,36,38,39). The molecule has 11 heteroatoms. The van der Waals surface area contributed by atoms with E-state index in [9.17, 15) is 9.59 Å². The Bertz CT molecular complexity index is 1830. The number of ether oxygens (including phenoxy) is 1. The van der Waals surface area contributed by atoms with Crippen LogP contribution in [0.15, 0.2) is 96.0 Å². The van der Waals surface area contributed by atoms with Gasteiger partial charge in [0.15, 0.2) is 5.82 Å². The van der Waals surface area contributed by atoms with Gasteiger partial charge in [-0.3, -0.25) is 9.59 Å². The van der Waals surface area contributed by atoms with E-state index in [4.69, 9.17) is 9.84 Å². The largest absolute Gasteiger partial charge is 0.461 e. The number of tetrazole rings is 1. The first-order chi connectivity index (χ1) is 21.6. The molecule has 10 nitrogen and oxygen atoms in total. The van der Waals surface area contributed by atoms with Gasteiger partial charge in [-0.25, -0.2) is 9.78 Å². The maximum absolute atomic E-state index is 13.5. The second-order valence-electron chi connectivity index (χ2n) is 10.5. The first-order valence-corrected chi connectivity index (χ1v) is 15.3. The van der Waals surface area contributed by atoms with Crippen molar-refractivity contribution in [2.24, 2.45) is 16.8 Å². The van der Waals surface area contributed by atoms with Gasteiger partial charge in [-0.1, -0.05) is 109 Å². The number of amides is 1. The Kier molecular flexibility index (Phi) is 8.93. The minimum atomic E-state index is -0.581. The summed E-state index contributed by atoms with van der Waals surface area (Å²) in [5.41, 5.74) is 4.85. The highest BCUT2D eigenvalue weighted by molar-refractivity contribution is 7.08. The van der Waals surface area contributed by atoms with Crippen molar-refractivity contribution in [1.82, 2.24) is 30.4 Å². The summed E-state index contributed by atoms with van der Waals surface area (Å²) < 4.78 is 7.37. The van der Waals surface area contributed by atoms with Crippen LogP contribution >= 0.6 is 11.3 Å². The molecule has 1 amide bonds. The number of hydrogen-bond acceptors (Lipinski definition) is 8. The lowest BCUT2D eigenvalue weighted by Crippen LogP contribution is -2.33. The van der Waals surface area contributed by atoms with Crippen LogP contribution in [0.5, 0.6) is 0 Å². The van der Waals surface area contributed by atoms with Gasteiger partial charge in [0, 0.05) is 5.56 Å². The molecular formula is C33H31N7O3S. The molecule has 6 rings (SSSR count). The van der Waals surface area contributed by atoms with Crippen LogP contribution in [0.4, 0.5) is 0 Å². The van der Waals surface area contributed by atoms with Gasteiger partial charge in [0.1, 0.15) is 11.6 Å². The van der Waals surface area contributed by atoms with E-state index in [-0.39, 0.29) is 18.5 Å². The van der Waals surface area contributed by atoms with Crippen LogP contribution in [0.3, 0.4) is 0 Å². The van der Waals surface area contributed by atoms with E-state index in [0.29, 0.717) is 30.0 Å². The van der Waals surface area contributed by atoms with Crippen LogP contribution in [-0.2, 0) is 33.9 Å². The van der Waals surface area contributed by atoms with Gasteiger partial charge in [-0.05, 0) is 51.9 Å². The summed E-state index contributed by atoms with van der Waals surface area (Å²) in [5, 5.41) is 19.9. The topological polar surface area (TPSA) is 128 Å². The van der Waals surface area contributed by atoms with Crippen molar-refractivity contribution in [3.8, 4) is 22.5 Å². The maximum Gasteiger partial charge on any atom is 0.310 e. The molecule has 1 aliphatic carbocycles. The van der Waals surface area contributed by atoms with E-state index >= 15 is 0 Å². The molecule has 0 radical (unpaired) electrons. The zero-order valence-electron chi connectivity index (χ0n) is 24.2. The monoisotopic (exact) mass is 605 g/mol. The minimum Gasteiger partial charge on any atom is -0.461 e. The van der Waals surface area contributed by atoms with Gasteiger partial charge < -0.3 is 4.74 Å². The average molecular weight is 606 g/mol. The first kappa shape index (κ1) is 29.1. The summed E-state index contributed by atoms with van der Waals surface area (Å²) in [6.45, 7) is 2.65. The molecule has 0 saturated heterocycles. The van der Waals surface area contributed by atoms with Crippen molar-refractivity contribution in [2.45, 2.75) is 39.3 Å². The summed E-state index contributed by atoms with van der Waals surface area (Å²) in [6, 6.07) is 25.6. The van der Waals surface area contributed by atoms with Crippen LogP contribution in [0.25, 0.3) is 22.5 Å². The van der Waals surface area contributed by atoms with E-state index in [0.717, 1.165) is 39.2 Å². The van der Waals surface area contributed by atoms with Gasteiger partial charge in [0.2, 0.25) is 4.80 Å². The quantitative estimate of drug-likeness (QED) is 0.182. The molecule has 3 aromatic carbocycles. The molecule has 44 heavy (non-hydrogen) atoms. The molecule has 2 aromatic heterocycles. The number of H-pyrrole nitrogens is 1. The zero-order valence-corrected chi connectivity index (χ0v) is 25.0. The molecule has 0 aliphatic heterocycles. The smallest absolute Gasteiger partial charge is 0.310 e. The number of carbonyl (C=O) groups is 2. The lowest BCUT2D eigenvalue weighted by Gasteiger charge is -2.24. The fraction of sp³-hybridized carbons (Fsp3) is 0.242. The van der Waals surface area contributed by atoms with Crippen molar-refractivity contribution in [1.29, 1.82) is 0 Å². The number of hydrogen-bond donors (Lipinski definition) is 1.